The fourth-order valence-electron chi connectivity index (χ4n) is 3.60. The lowest BCUT2D eigenvalue weighted by Gasteiger charge is -2.06. The molecular formula is C24H20N6O2. The third-order valence-electron chi connectivity index (χ3n) is 5.13. The molecule has 3 heterocycles. The molecule has 5 rings (SSSR count). The smallest absolute Gasteiger partial charge is 0.321 e. The molecule has 8 nitrogen and oxygen atoms in total. The number of aryl methyl sites for hydroxylation is 1. The Balaban J connectivity index is 1.35. The summed E-state index contributed by atoms with van der Waals surface area (Å²) in [6.07, 6.45) is 1.69. The number of nitrogens with one attached hydrogen (secondary N) is 1. The van der Waals surface area contributed by atoms with E-state index in [2.05, 4.69) is 15.5 Å². The van der Waals surface area contributed by atoms with Gasteiger partial charge < -0.3 is 5.32 Å². The zero-order chi connectivity index (χ0) is 22.1. The maximum Gasteiger partial charge on any atom is 0.350 e. The number of hydrogen-bond acceptors (Lipinski definition) is 4. The van der Waals surface area contributed by atoms with Gasteiger partial charge in [-0.15, -0.1) is 5.10 Å². The van der Waals surface area contributed by atoms with Crippen LogP contribution >= 0.6 is 0 Å². The van der Waals surface area contributed by atoms with Gasteiger partial charge in [-0.2, -0.15) is 5.10 Å². The van der Waals surface area contributed by atoms with Crippen molar-refractivity contribution in [3.8, 4) is 5.69 Å². The van der Waals surface area contributed by atoms with Crippen molar-refractivity contribution in [1.29, 1.82) is 0 Å². The van der Waals surface area contributed by atoms with E-state index < -0.39 is 0 Å². The third-order valence-corrected chi connectivity index (χ3v) is 5.13. The van der Waals surface area contributed by atoms with Gasteiger partial charge in [0.05, 0.1) is 12.2 Å². The van der Waals surface area contributed by atoms with Crippen LogP contribution in [0, 0.1) is 6.92 Å². The predicted molar refractivity (Wildman–Crippen MR) is 121 cm³/mol. The highest BCUT2D eigenvalue weighted by atomic mass is 16.2. The molecule has 0 radical (unpaired) electrons. The summed E-state index contributed by atoms with van der Waals surface area (Å²) < 4.78 is 4.64. The van der Waals surface area contributed by atoms with Crippen LogP contribution in [0.25, 0.3) is 11.3 Å². The summed E-state index contributed by atoms with van der Waals surface area (Å²) in [5.74, 6) is -0.301. The van der Waals surface area contributed by atoms with E-state index >= 15 is 0 Å². The largest absolute Gasteiger partial charge is 0.350 e. The molecule has 0 bridgehead atoms. The lowest BCUT2D eigenvalue weighted by Crippen LogP contribution is -2.21. The normalized spacial score (nSPS) is 11.0. The van der Waals surface area contributed by atoms with Gasteiger partial charge in [-0.25, -0.2) is 14.2 Å². The van der Waals surface area contributed by atoms with E-state index in [0.717, 1.165) is 16.9 Å². The topological polar surface area (TPSA) is 86.2 Å². The summed E-state index contributed by atoms with van der Waals surface area (Å²) in [4.78, 5) is 25.3. The van der Waals surface area contributed by atoms with Crippen molar-refractivity contribution in [3.05, 3.63) is 112 Å². The SMILES string of the molecule is Cc1cc(C(=O)Nc2cccc(Cn3nc4ccccn4c3=O)c2)nn1-c1ccccc1. The number of hydrogen-bond donors (Lipinski definition) is 1. The molecule has 0 fully saturated rings. The summed E-state index contributed by atoms with van der Waals surface area (Å²) in [5, 5.41) is 11.7. The number of aromatic nitrogens is 5. The van der Waals surface area contributed by atoms with E-state index in [1.807, 2.05) is 61.5 Å². The molecule has 1 amide bonds. The molecule has 1 N–H and O–H groups in total. The van der Waals surface area contributed by atoms with Gasteiger partial charge in [-0.1, -0.05) is 36.4 Å². The van der Waals surface area contributed by atoms with Gasteiger partial charge in [-0.05, 0) is 55.0 Å². The number of para-hydroxylation sites is 1. The molecule has 0 aliphatic carbocycles. The van der Waals surface area contributed by atoms with Crippen molar-refractivity contribution in [2.75, 3.05) is 5.32 Å². The van der Waals surface area contributed by atoms with E-state index in [9.17, 15) is 9.59 Å². The summed E-state index contributed by atoms with van der Waals surface area (Å²) in [5.41, 5.74) is 3.93. The van der Waals surface area contributed by atoms with Crippen LogP contribution in [0.4, 0.5) is 5.69 Å². The van der Waals surface area contributed by atoms with Crippen molar-refractivity contribution >= 4 is 17.2 Å². The van der Waals surface area contributed by atoms with Crippen LogP contribution < -0.4 is 11.0 Å². The van der Waals surface area contributed by atoms with Gasteiger partial charge in [0, 0.05) is 17.6 Å². The zero-order valence-electron chi connectivity index (χ0n) is 17.3. The van der Waals surface area contributed by atoms with E-state index in [1.54, 1.807) is 35.1 Å². The molecule has 32 heavy (non-hydrogen) atoms. The molecule has 0 aliphatic rings. The summed E-state index contributed by atoms with van der Waals surface area (Å²) in [6.45, 7) is 2.20. The number of carbonyl (C=O) groups is 1. The average molecular weight is 424 g/mol. The summed E-state index contributed by atoms with van der Waals surface area (Å²) in [6, 6.07) is 24.2. The summed E-state index contributed by atoms with van der Waals surface area (Å²) in [7, 11) is 0. The first-order chi connectivity index (χ1) is 15.6. The van der Waals surface area contributed by atoms with Crippen molar-refractivity contribution in [3.63, 3.8) is 0 Å². The van der Waals surface area contributed by atoms with Gasteiger partial charge in [-0.3, -0.25) is 9.20 Å². The second-order valence-corrected chi connectivity index (χ2v) is 7.44. The van der Waals surface area contributed by atoms with Crippen molar-refractivity contribution in [2.24, 2.45) is 0 Å². The van der Waals surface area contributed by atoms with E-state index in [1.165, 1.54) is 9.08 Å². The standard InChI is InChI=1S/C24H20N6O2/c1-17-14-21(26-30(17)20-10-3-2-4-11-20)23(31)25-19-9-7-8-18(15-19)16-29-24(32)28-13-6-5-12-22(28)27-29/h2-15H,16H2,1H3,(H,25,31). The van der Waals surface area contributed by atoms with E-state index in [4.69, 9.17) is 0 Å². The Bertz CT molecular complexity index is 1480. The second-order valence-electron chi connectivity index (χ2n) is 7.44. The molecule has 158 valence electrons. The maximum atomic E-state index is 12.8. The number of nitrogens with zero attached hydrogens (tertiary/aromatic N) is 5. The lowest BCUT2D eigenvalue weighted by molar-refractivity contribution is 0.102. The Labute approximate surface area is 183 Å². The predicted octanol–water partition coefficient (Wildman–Crippen LogP) is 3.29. The van der Waals surface area contributed by atoms with Gasteiger partial charge in [0.2, 0.25) is 0 Å². The molecule has 0 atom stereocenters. The maximum absolute atomic E-state index is 12.8. The van der Waals surface area contributed by atoms with Crippen molar-refractivity contribution in [2.45, 2.75) is 13.5 Å². The lowest BCUT2D eigenvalue weighted by atomic mass is 10.2. The Morgan fingerprint density at radius 2 is 1.75 bits per heavy atom. The molecular weight excluding hydrogens is 404 g/mol. The van der Waals surface area contributed by atoms with Crippen molar-refractivity contribution < 1.29 is 4.79 Å². The number of fused-ring (bicyclic) bond motifs is 1. The fraction of sp³-hybridized carbons (Fsp3) is 0.0833. The van der Waals surface area contributed by atoms with Crippen molar-refractivity contribution in [1.82, 2.24) is 24.0 Å². The minimum absolute atomic E-state index is 0.211. The Hall–Kier alpha value is -4.46. The van der Waals surface area contributed by atoms with Crippen LogP contribution in [-0.4, -0.2) is 29.9 Å². The quantitative estimate of drug-likeness (QED) is 0.469. The molecule has 3 aromatic heterocycles. The van der Waals surface area contributed by atoms with Crippen LogP contribution in [0.5, 0.6) is 0 Å². The first kappa shape index (κ1) is 19.5. The molecule has 0 spiro atoms. The highest BCUT2D eigenvalue weighted by Gasteiger charge is 2.14. The van der Waals surface area contributed by atoms with E-state index in [0.29, 0.717) is 23.6 Å². The van der Waals surface area contributed by atoms with Gasteiger partial charge in [0.1, 0.15) is 0 Å². The van der Waals surface area contributed by atoms with Crippen LogP contribution in [0.15, 0.2) is 89.9 Å². The summed E-state index contributed by atoms with van der Waals surface area (Å²) >= 11 is 0. The van der Waals surface area contributed by atoms with Crippen LogP contribution in [0.3, 0.4) is 0 Å². The number of amides is 1. The second kappa shape index (κ2) is 7.99. The average Bonchev–Trinajstić information content (AvgIpc) is 3.35. The number of benzene rings is 2. The van der Waals surface area contributed by atoms with Crippen LogP contribution in [-0.2, 0) is 6.54 Å². The molecule has 5 aromatic rings. The van der Waals surface area contributed by atoms with Gasteiger partial charge in [0.25, 0.3) is 5.91 Å². The molecule has 0 saturated carbocycles. The molecule has 0 saturated heterocycles. The molecule has 2 aromatic carbocycles. The first-order valence-electron chi connectivity index (χ1n) is 10.1. The zero-order valence-corrected chi connectivity index (χ0v) is 17.3. The number of rotatable bonds is 5. The van der Waals surface area contributed by atoms with Gasteiger partial charge >= 0.3 is 5.69 Å². The molecule has 0 unspecified atom stereocenters. The molecule has 0 aliphatic heterocycles. The highest BCUT2D eigenvalue weighted by molar-refractivity contribution is 6.03. The van der Waals surface area contributed by atoms with Crippen LogP contribution in [0.2, 0.25) is 0 Å². The third kappa shape index (κ3) is 3.69. The minimum Gasteiger partial charge on any atom is -0.321 e. The number of pyridine rings is 1. The first-order valence-corrected chi connectivity index (χ1v) is 10.1. The fourth-order valence-corrected chi connectivity index (χ4v) is 3.60. The Morgan fingerprint density at radius 1 is 0.938 bits per heavy atom. The Morgan fingerprint density at radius 3 is 2.56 bits per heavy atom. The highest BCUT2D eigenvalue weighted by Crippen LogP contribution is 2.15. The molecule has 8 heteroatoms. The monoisotopic (exact) mass is 424 g/mol. The number of anilines is 1. The number of carbonyl (C=O) groups excluding carboxylic acids is 1. The van der Waals surface area contributed by atoms with Gasteiger partial charge in [0.15, 0.2) is 11.3 Å². The van der Waals surface area contributed by atoms with E-state index in [-0.39, 0.29) is 11.6 Å². The van der Waals surface area contributed by atoms with Crippen LogP contribution in [0.1, 0.15) is 21.7 Å². The Kier molecular flexibility index (Phi) is 4.87. The minimum atomic E-state index is -0.301.